The van der Waals surface area contributed by atoms with Crippen LogP contribution in [0.15, 0.2) is 4.52 Å². The Labute approximate surface area is 150 Å². The predicted molar refractivity (Wildman–Crippen MR) is 94.5 cm³/mol. The maximum Gasteiger partial charge on any atom is 0.408 e. The van der Waals surface area contributed by atoms with Crippen LogP contribution >= 0.6 is 0 Å². The Morgan fingerprint density at radius 1 is 1.04 bits per heavy atom. The maximum atomic E-state index is 12.2. The lowest BCUT2D eigenvalue weighted by molar-refractivity contribution is 0.0243. The van der Waals surface area contributed by atoms with Crippen LogP contribution in [-0.4, -0.2) is 27.4 Å². The van der Waals surface area contributed by atoms with E-state index in [9.17, 15) is 4.79 Å². The number of ether oxygens (including phenoxy) is 1. The molecule has 1 N–H and O–H groups in total. The fourth-order valence-electron chi connectivity index (χ4n) is 3.97. The van der Waals surface area contributed by atoms with Gasteiger partial charge in [0.05, 0.1) is 0 Å². The van der Waals surface area contributed by atoms with Crippen LogP contribution in [0.1, 0.15) is 91.8 Å². The quantitative estimate of drug-likeness (QED) is 0.864. The number of hydrogen-bond donors (Lipinski definition) is 1. The largest absolute Gasteiger partial charge is 0.444 e. The van der Waals surface area contributed by atoms with E-state index >= 15 is 0 Å². The summed E-state index contributed by atoms with van der Waals surface area (Å²) in [6.07, 6.45) is 5.43. The Morgan fingerprint density at radius 3 is 2.04 bits per heavy atom. The van der Waals surface area contributed by atoms with Gasteiger partial charge in [-0.1, -0.05) is 25.9 Å². The van der Waals surface area contributed by atoms with Crippen molar-refractivity contribution in [1.82, 2.24) is 15.5 Å². The molecule has 1 heterocycles. The van der Waals surface area contributed by atoms with Crippen molar-refractivity contribution in [3.05, 3.63) is 11.7 Å². The minimum Gasteiger partial charge on any atom is -0.444 e. The zero-order valence-electron chi connectivity index (χ0n) is 16.4. The predicted octanol–water partition coefficient (Wildman–Crippen LogP) is 4.24. The van der Waals surface area contributed by atoms with Crippen LogP contribution in [-0.2, 0) is 15.6 Å². The average Bonchev–Trinajstić information content (AvgIpc) is 2.97. The highest BCUT2D eigenvalue weighted by atomic mass is 16.6. The Morgan fingerprint density at radius 2 is 1.60 bits per heavy atom. The van der Waals surface area contributed by atoms with E-state index in [1.807, 2.05) is 20.8 Å². The molecule has 0 saturated heterocycles. The van der Waals surface area contributed by atoms with Crippen molar-refractivity contribution < 1.29 is 14.1 Å². The first-order valence-corrected chi connectivity index (χ1v) is 9.29. The number of nitrogens with one attached hydrogen (secondary N) is 1. The molecule has 6 heteroatoms. The molecule has 140 valence electrons. The summed E-state index contributed by atoms with van der Waals surface area (Å²) in [6, 6.07) is 0. The van der Waals surface area contributed by atoms with Crippen molar-refractivity contribution in [2.24, 2.45) is 0 Å². The van der Waals surface area contributed by atoms with E-state index < -0.39 is 5.60 Å². The lowest BCUT2D eigenvalue weighted by atomic mass is 9.57. The second-order valence-electron chi connectivity index (χ2n) is 9.86. The standard InChI is InChI=1S/C19H31N3O3/c1-16(2,3)14-20-13(22-25-14)18-7-10-19(11-8-18,12-9-18)21-15(23)24-17(4,5)6/h7-12H2,1-6H3,(H,21,23). The number of alkyl carbamates (subject to hydrolysis) is 1. The number of hydrogen-bond acceptors (Lipinski definition) is 5. The molecule has 25 heavy (non-hydrogen) atoms. The van der Waals surface area contributed by atoms with Crippen LogP contribution in [0.4, 0.5) is 4.79 Å². The summed E-state index contributed by atoms with van der Waals surface area (Å²) < 4.78 is 11.0. The summed E-state index contributed by atoms with van der Waals surface area (Å²) in [5, 5.41) is 7.46. The summed E-state index contributed by atoms with van der Waals surface area (Å²) in [4.78, 5) is 16.9. The van der Waals surface area contributed by atoms with Crippen molar-refractivity contribution in [3.63, 3.8) is 0 Å². The number of carbonyl (C=O) groups is 1. The van der Waals surface area contributed by atoms with Crippen LogP contribution in [0, 0.1) is 0 Å². The van der Waals surface area contributed by atoms with Gasteiger partial charge in [-0.2, -0.15) is 4.98 Å². The third-order valence-electron chi connectivity index (χ3n) is 5.55. The van der Waals surface area contributed by atoms with Crippen molar-refractivity contribution >= 4 is 6.09 Å². The molecule has 0 radical (unpaired) electrons. The summed E-state index contributed by atoms with van der Waals surface area (Å²) in [5.41, 5.74) is -0.736. The van der Waals surface area contributed by atoms with Crippen LogP contribution in [0.25, 0.3) is 0 Å². The topological polar surface area (TPSA) is 77.2 Å². The molecular formula is C19H31N3O3. The molecular weight excluding hydrogens is 318 g/mol. The van der Waals surface area contributed by atoms with Crippen LogP contribution in [0.3, 0.4) is 0 Å². The van der Waals surface area contributed by atoms with Gasteiger partial charge in [-0.05, 0) is 59.3 Å². The van der Waals surface area contributed by atoms with Crippen molar-refractivity contribution in [2.45, 2.75) is 102 Å². The average molecular weight is 349 g/mol. The van der Waals surface area contributed by atoms with E-state index in [1.165, 1.54) is 0 Å². The number of nitrogens with zero attached hydrogens (tertiary/aromatic N) is 2. The van der Waals surface area contributed by atoms with E-state index in [0.29, 0.717) is 5.89 Å². The van der Waals surface area contributed by atoms with E-state index in [4.69, 9.17) is 14.2 Å². The summed E-state index contributed by atoms with van der Waals surface area (Å²) in [5.74, 6) is 1.55. The third-order valence-corrected chi connectivity index (χ3v) is 5.55. The second kappa shape index (κ2) is 5.71. The maximum absolute atomic E-state index is 12.2. The SMILES string of the molecule is CC(C)(C)OC(=O)NC12CCC(c3noc(C(C)(C)C)n3)(CC1)CC2. The first-order valence-electron chi connectivity index (χ1n) is 9.29. The monoisotopic (exact) mass is 349 g/mol. The molecule has 4 rings (SSSR count). The highest BCUT2D eigenvalue weighted by molar-refractivity contribution is 5.69. The van der Waals surface area contributed by atoms with Gasteiger partial charge in [-0.25, -0.2) is 4.79 Å². The van der Waals surface area contributed by atoms with Gasteiger partial charge in [0.1, 0.15) is 5.60 Å². The summed E-state index contributed by atoms with van der Waals surface area (Å²) >= 11 is 0. The fraction of sp³-hybridized carbons (Fsp3) is 0.842. The Balaban J connectivity index is 1.68. The minimum absolute atomic E-state index is 0.00433. The first kappa shape index (κ1) is 18.2. The highest BCUT2D eigenvalue weighted by Gasteiger charge is 2.52. The van der Waals surface area contributed by atoms with Crippen molar-refractivity contribution in [2.75, 3.05) is 0 Å². The molecule has 3 aliphatic carbocycles. The molecule has 0 aromatic carbocycles. The Hall–Kier alpha value is -1.59. The van der Waals surface area contributed by atoms with E-state index in [0.717, 1.165) is 44.3 Å². The van der Waals surface area contributed by atoms with E-state index in [1.54, 1.807) is 0 Å². The number of rotatable bonds is 2. The summed E-state index contributed by atoms with van der Waals surface area (Å²) in [6.45, 7) is 11.9. The van der Waals surface area contributed by atoms with E-state index in [2.05, 4.69) is 31.2 Å². The smallest absolute Gasteiger partial charge is 0.408 e. The Bertz CT molecular complexity index is 627. The lowest BCUT2D eigenvalue weighted by Crippen LogP contribution is -2.58. The molecule has 3 fully saturated rings. The van der Waals surface area contributed by atoms with Gasteiger partial charge in [0.25, 0.3) is 0 Å². The molecule has 1 aromatic rings. The van der Waals surface area contributed by atoms with Gasteiger partial charge in [0.15, 0.2) is 5.82 Å². The second-order valence-corrected chi connectivity index (χ2v) is 9.86. The van der Waals surface area contributed by atoms with Gasteiger partial charge in [-0.15, -0.1) is 0 Å². The fourth-order valence-corrected chi connectivity index (χ4v) is 3.97. The molecule has 3 aliphatic rings. The van der Waals surface area contributed by atoms with Crippen LogP contribution in [0.2, 0.25) is 0 Å². The summed E-state index contributed by atoms with van der Waals surface area (Å²) in [7, 11) is 0. The molecule has 1 amide bonds. The van der Waals surface area contributed by atoms with Gasteiger partial charge >= 0.3 is 6.09 Å². The molecule has 3 saturated carbocycles. The molecule has 6 nitrogen and oxygen atoms in total. The first-order chi connectivity index (χ1) is 11.4. The number of fused-ring (bicyclic) bond motifs is 3. The molecule has 2 bridgehead atoms. The van der Waals surface area contributed by atoms with Crippen molar-refractivity contribution in [3.8, 4) is 0 Å². The number of aromatic nitrogens is 2. The lowest BCUT2D eigenvalue weighted by Gasteiger charge is -2.52. The minimum atomic E-state index is -0.470. The highest BCUT2D eigenvalue weighted by Crippen LogP contribution is 2.53. The van der Waals surface area contributed by atoms with Gasteiger partial charge < -0.3 is 14.6 Å². The number of carbonyl (C=O) groups excluding carboxylic acids is 1. The molecule has 0 aliphatic heterocycles. The zero-order chi connectivity index (χ0) is 18.5. The number of amides is 1. The molecule has 0 spiro atoms. The van der Waals surface area contributed by atoms with Crippen molar-refractivity contribution in [1.29, 1.82) is 0 Å². The Kier molecular flexibility index (Phi) is 4.16. The van der Waals surface area contributed by atoms with Gasteiger partial charge in [0, 0.05) is 16.4 Å². The zero-order valence-corrected chi connectivity index (χ0v) is 16.4. The van der Waals surface area contributed by atoms with Crippen LogP contribution in [0.5, 0.6) is 0 Å². The van der Waals surface area contributed by atoms with Crippen LogP contribution < -0.4 is 5.32 Å². The van der Waals surface area contributed by atoms with E-state index in [-0.39, 0.29) is 22.5 Å². The van der Waals surface area contributed by atoms with Gasteiger partial charge in [0.2, 0.25) is 5.89 Å². The van der Waals surface area contributed by atoms with Gasteiger partial charge in [-0.3, -0.25) is 0 Å². The molecule has 0 atom stereocenters. The molecule has 1 aromatic heterocycles. The normalized spacial score (nSPS) is 29.5. The molecule has 0 unspecified atom stereocenters. The third kappa shape index (κ3) is 3.67.